The lowest BCUT2D eigenvalue weighted by atomic mass is 9.73. The minimum Gasteiger partial charge on any atom is -0.497 e. The molecule has 0 aliphatic carbocycles. The summed E-state index contributed by atoms with van der Waals surface area (Å²) in [4.78, 5) is 17.8. The van der Waals surface area contributed by atoms with E-state index in [1.165, 1.54) is 0 Å². The molecule has 5 atom stereocenters. The highest BCUT2D eigenvalue weighted by Crippen LogP contribution is 2.48. The molecule has 2 bridgehead atoms. The molecule has 0 amide bonds. The number of hydrogen-bond acceptors (Lipinski definition) is 5. The fourth-order valence-corrected chi connectivity index (χ4v) is 5.69. The number of pyridine rings is 1. The number of fused-ring (bicyclic) bond motifs is 4. The molecule has 3 saturated heterocycles. The standard InChI is InChI=1S/C28H30FN2O4.BF4/c1-4-18-17-31(29)14-12-20(18)15-26(31)27(35-28(32)19-5-7-21(33-2)8-6-19)23-11-13-30-25-10-9-22(34-3)16-24(23)25;2-1(3,4)5/h4-11,13,16,18,20,26-27H,1,12,14-15,17H2,2-3H3;/q+1;-1/t18-,20-,26-,27+,31+;/m0./s1. The summed E-state index contributed by atoms with van der Waals surface area (Å²) in [7, 11) is -2.83. The Morgan fingerprint density at radius 2 is 1.73 bits per heavy atom. The highest BCUT2D eigenvalue weighted by atomic mass is 19.5. The molecule has 2 aromatic carbocycles. The van der Waals surface area contributed by atoms with Crippen molar-refractivity contribution in [1.82, 2.24) is 4.98 Å². The van der Waals surface area contributed by atoms with E-state index in [2.05, 4.69) is 11.6 Å². The van der Waals surface area contributed by atoms with Crippen LogP contribution in [-0.4, -0.2) is 56.3 Å². The first-order chi connectivity index (χ1) is 19.0. The van der Waals surface area contributed by atoms with Gasteiger partial charge < -0.3 is 31.5 Å². The first-order valence-electron chi connectivity index (χ1n) is 12.8. The third-order valence-corrected chi connectivity index (χ3v) is 7.63. The Morgan fingerprint density at radius 1 is 1.07 bits per heavy atom. The van der Waals surface area contributed by atoms with E-state index in [9.17, 15) is 22.1 Å². The van der Waals surface area contributed by atoms with Gasteiger partial charge >= 0.3 is 13.2 Å². The van der Waals surface area contributed by atoms with Crippen molar-refractivity contribution < 1.29 is 45.5 Å². The number of carbonyl (C=O) groups is 1. The molecule has 1 aromatic heterocycles. The average molecular weight is 564 g/mol. The second kappa shape index (κ2) is 11.8. The van der Waals surface area contributed by atoms with E-state index in [1.807, 2.05) is 30.3 Å². The molecule has 3 aliphatic heterocycles. The van der Waals surface area contributed by atoms with E-state index in [0.717, 1.165) is 22.9 Å². The van der Waals surface area contributed by atoms with Gasteiger partial charge in [-0.15, -0.1) is 11.3 Å². The summed E-state index contributed by atoms with van der Waals surface area (Å²) in [6.45, 7) is 4.68. The Labute approximate surface area is 229 Å². The quantitative estimate of drug-likeness (QED) is 0.105. The number of halogens is 5. The van der Waals surface area contributed by atoms with Crippen molar-refractivity contribution in [2.24, 2.45) is 11.8 Å². The maximum atomic E-state index is 16.5. The zero-order chi connectivity index (χ0) is 29.1. The van der Waals surface area contributed by atoms with Crippen LogP contribution in [0.1, 0.15) is 34.9 Å². The van der Waals surface area contributed by atoms with Gasteiger partial charge in [0.25, 0.3) is 0 Å². The number of benzene rings is 2. The van der Waals surface area contributed by atoms with Crippen LogP contribution in [0.25, 0.3) is 10.9 Å². The molecule has 3 aliphatic rings. The van der Waals surface area contributed by atoms with Gasteiger partial charge in [0.1, 0.15) is 24.6 Å². The Hall–Kier alpha value is -3.67. The first-order valence-corrected chi connectivity index (χ1v) is 12.8. The molecule has 0 spiro atoms. The molecule has 40 heavy (non-hydrogen) atoms. The van der Waals surface area contributed by atoms with Crippen LogP contribution in [0, 0.1) is 11.8 Å². The molecule has 0 radical (unpaired) electrons. The number of aromatic nitrogens is 1. The van der Waals surface area contributed by atoms with Crippen molar-refractivity contribution >= 4 is 24.1 Å². The summed E-state index contributed by atoms with van der Waals surface area (Å²) in [5.74, 6) is 1.24. The van der Waals surface area contributed by atoms with Crippen LogP contribution < -0.4 is 9.47 Å². The van der Waals surface area contributed by atoms with Gasteiger partial charge in [0.05, 0.1) is 25.3 Å². The fraction of sp³-hybridized carbons (Fsp3) is 0.357. The summed E-state index contributed by atoms with van der Waals surface area (Å²) in [5.41, 5.74) is 1.86. The third-order valence-electron chi connectivity index (χ3n) is 7.63. The van der Waals surface area contributed by atoms with Crippen molar-refractivity contribution in [3.05, 3.63) is 78.5 Å². The Morgan fingerprint density at radius 3 is 2.33 bits per heavy atom. The van der Waals surface area contributed by atoms with Crippen LogP contribution in [0.15, 0.2) is 67.4 Å². The van der Waals surface area contributed by atoms with Crippen LogP contribution in [-0.2, 0) is 4.74 Å². The smallest absolute Gasteiger partial charge is 0.497 e. The number of nitrogens with zero attached hydrogens (tertiary/aromatic N) is 2. The Bertz CT molecular complexity index is 1350. The zero-order valence-electron chi connectivity index (χ0n) is 22.1. The summed E-state index contributed by atoms with van der Waals surface area (Å²) in [6.07, 6.45) is 4.18. The minimum atomic E-state index is -6.00. The average Bonchev–Trinajstić information content (AvgIpc) is 2.94. The van der Waals surface area contributed by atoms with Gasteiger partial charge in [0.2, 0.25) is 0 Å². The van der Waals surface area contributed by atoms with Crippen molar-refractivity contribution in [3.8, 4) is 11.5 Å². The zero-order valence-corrected chi connectivity index (χ0v) is 22.1. The normalized spacial score (nSPS) is 24.4. The Kier molecular flexibility index (Phi) is 8.67. The third kappa shape index (κ3) is 6.55. The molecule has 0 saturated carbocycles. The van der Waals surface area contributed by atoms with Crippen LogP contribution in [0.4, 0.5) is 21.7 Å². The van der Waals surface area contributed by atoms with E-state index in [4.69, 9.17) is 14.2 Å². The van der Waals surface area contributed by atoms with Gasteiger partial charge in [0, 0.05) is 35.9 Å². The molecule has 0 unspecified atom stereocenters. The van der Waals surface area contributed by atoms with E-state index < -0.39 is 30.1 Å². The number of quaternary nitrogens is 1. The van der Waals surface area contributed by atoms with Gasteiger partial charge in [-0.1, -0.05) is 6.08 Å². The molecule has 6 nitrogen and oxygen atoms in total. The maximum Gasteiger partial charge on any atom is 0.673 e. The molecular weight excluding hydrogens is 534 g/mol. The molecule has 0 N–H and O–H groups in total. The number of esters is 1. The molecule has 214 valence electrons. The molecule has 3 aromatic rings. The number of methoxy groups -OCH3 is 2. The highest BCUT2D eigenvalue weighted by molar-refractivity contribution is 6.50. The van der Waals surface area contributed by atoms with Gasteiger partial charge in [-0.2, -0.15) is 0 Å². The number of hydrogen-bond donors (Lipinski definition) is 0. The first kappa shape index (κ1) is 29.3. The SMILES string of the molecule is C=C[C@H]1C[N@+]2(F)CC[C@H]1C[C@H]2[C@H](OC(=O)c1ccc(OC)cc1)c1ccnc2ccc(OC)cc12.F[B-](F)(F)F. The van der Waals surface area contributed by atoms with Crippen LogP contribution in [0.3, 0.4) is 0 Å². The topological polar surface area (TPSA) is 57.7 Å². The monoisotopic (exact) mass is 564 g/mol. The van der Waals surface area contributed by atoms with E-state index in [-0.39, 0.29) is 5.92 Å². The summed E-state index contributed by atoms with van der Waals surface area (Å²) in [6, 6.07) is 13.6. The summed E-state index contributed by atoms with van der Waals surface area (Å²) in [5, 5.41) is 0.786. The molecule has 4 heterocycles. The van der Waals surface area contributed by atoms with Crippen molar-refractivity contribution in [1.29, 1.82) is 0 Å². The van der Waals surface area contributed by atoms with E-state index in [1.54, 1.807) is 44.7 Å². The van der Waals surface area contributed by atoms with Gasteiger partial charge in [-0.05, 0) is 58.9 Å². The lowest BCUT2D eigenvalue weighted by molar-refractivity contribution is -1.09. The van der Waals surface area contributed by atoms with Crippen LogP contribution in [0.5, 0.6) is 11.5 Å². The fourth-order valence-electron chi connectivity index (χ4n) is 5.69. The molecule has 3 fully saturated rings. The molecular formula is C28H30BF5N2O4. The molecule has 6 rings (SSSR count). The van der Waals surface area contributed by atoms with Crippen molar-refractivity contribution in [2.75, 3.05) is 27.3 Å². The van der Waals surface area contributed by atoms with Gasteiger partial charge in [0.15, 0.2) is 12.1 Å². The molecule has 12 heteroatoms. The largest absolute Gasteiger partial charge is 0.673 e. The second-order valence-corrected chi connectivity index (χ2v) is 9.92. The number of piperidine rings is 3. The lowest BCUT2D eigenvalue weighted by Crippen LogP contribution is -2.64. The second-order valence-electron chi connectivity index (χ2n) is 9.92. The predicted octanol–water partition coefficient (Wildman–Crippen LogP) is 6.75. The maximum absolute atomic E-state index is 16.5. The number of ether oxygens (including phenoxy) is 3. The Balaban J connectivity index is 0.000000681. The number of rotatable bonds is 7. The van der Waals surface area contributed by atoms with Gasteiger partial charge in [-0.3, -0.25) is 4.98 Å². The van der Waals surface area contributed by atoms with E-state index in [0.29, 0.717) is 42.5 Å². The van der Waals surface area contributed by atoms with Crippen molar-refractivity contribution in [3.63, 3.8) is 0 Å². The van der Waals surface area contributed by atoms with Crippen LogP contribution in [0.2, 0.25) is 0 Å². The highest BCUT2D eigenvalue weighted by Gasteiger charge is 2.57. The predicted molar refractivity (Wildman–Crippen MR) is 141 cm³/mol. The van der Waals surface area contributed by atoms with Crippen LogP contribution >= 0.6 is 0 Å². The number of carbonyl (C=O) groups excluding carboxylic acids is 1. The van der Waals surface area contributed by atoms with Crippen molar-refractivity contribution in [2.45, 2.75) is 25.0 Å². The van der Waals surface area contributed by atoms with E-state index >= 15 is 4.48 Å². The lowest BCUT2D eigenvalue weighted by Gasteiger charge is -2.50. The van der Waals surface area contributed by atoms with Gasteiger partial charge in [-0.25, -0.2) is 4.79 Å². The summed E-state index contributed by atoms with van der Waals surface area (Å²) >= 11 is 0. The minimum absolute atomic E-state index is 0.122. The summed E-state index contributed by atoms with van der Waals surface area (Å²) < 4.78 is 71.7.